The van der Waals surface area contributed by atoms with E-state index in [9.17, 15) is 4.79 Å². The van der Waals surface area contributed by atoms with E-state index in [0.717, 1.165) is 49.2 Å². The Kier molecular flexibility index (Phi) is 4.96. The lowest BCUT2D eigenvalue weighted by molar-refractivity contribution is -0.115. The molecule has 1 aromatic carbocycles. The number of anilines is 1. The van der Waals surface area contributed by atoms with E-state index >= 15 is 0 Å². The lowest BCUT2D eigenvalue weighted by Crippen LogP contribution is -2.49. The minimum atomic E-state index is -0.436. The fourth-order valence-electron chi connectivity index (χ4n) is 3.48. The van der Waals surface area contributed by atoms with E-state index in [1.54, 1.807) is 24.2 Å². The highest BCUT2D eigenvalue weighted by atomic mass is 35.5. The zero-order valence-corrected chi connectivity index (χ0v) is 15.7. The summed E-state index contributed by atoms with van der Waals surface area (Å²) in [6.45, 7) is 3.09. The van der Waals surface area contributed by atoms with E-state index in [-0.39, 0.29) is 0 Å². The van der Waals surface area contributed by atoms with Crippen molar-refractivity contribution in [2.75, 3.05) is 38.2 Å². The maximum absolute atomic E-state index is 11.9. The van der Waals surface area contributed by atoms with Gasteiger partial charge in [-0.2, -0.15) is 5.10 Å². The van der Waals surface area contributed by atoms with Crippen LogP contribution in [-0.2, 0) is 4.79 Å². The zero-order chi connectivity index (χ0) is 18.8. The minimum Gasteiger partial charge on any atom is -0.495 e. The minimum absolute atomic E-state index is 0.436. The quantitative estimate of drug-likeness (QED) is 0.629. The number of hydrogen-bond donors (Lipinski definition) is 0. The van der Waals surface area contributed by atoms with E-state index in [4.69, 9.17) is 16.3 Å². The molecule has 2 aromatic heterocycles. The van der Waals surface area contributed by atoms with Gasteiger partial charge in [0.1, 0.15) is 11.3 Å². The van der Waals surface area contributed by atoms with E-state index in [0.29, 0.717) is 10.8 Å². The first kappa shape index (κ1) is 17.8. The van der Waals surface area contributed by atoms with Crippen LogP contribution in [0.1, 0.15) is 6.17 Å². The molecule has 140 valence electrons. The highest BCUT2D eigenvalue weighted by molar-refractivity contribution is 6.32. The van der Waals surface area contributed by atoms with Gasteiger partial charge in [-0.25, -0.2) is 4.68 Å². The first-order chi connectivity index (χ1) is 13.2. The van der Waals surface area contributed by atoms with Gasteiger partial charge in [-0.15, -0.1) is 0 Å². The van der Waals surface area contributed by atoms with E-state index in [1.807, 2.05) is 30.3 Å². The normalized spacial score (nSPS) is 16.4. The van der Waals surface area contributed by atoms with Crippen LogP contribution < -0.4 is 9.64 Å². The number of aromatic nitrogens is 3. The molecule has 1 fully saturated rings. The highest BCUT2D eigenvalue weighted by Gasteiger charge is 2.26. The van der Waals surface area contributed by atoms with E-state index in [2.05, 4.69) is 19.9 Å². The van der Waals surface area contributed by atoms with Crippen molar-refractivity contribution in [3.05, 3.63) is 47.7 Å². The molecule has 1 unspecified atom stereocenters. The van der Waals surface area contributed by atoms with Crippen LogP contribution in [0.2, 0.25) is 5.02 Å². The Balaban J connectivity index is 1.50. The van der Waals surface area contributed by atoms with Gasteiger partial charge in [0.15, 0.2) is 12.5 Å². The Morgan fingerprint density at radius 1 is 1.22 bits per heavy atom. The molecule has 3 heterocycles. The van der Waals surface area contributed by atoms with Gasteiger partial charge < -0.3 is 9.64 Å². The van der Waals surface area contributed by atoms with Gasteiger partial charge in [-0.05, 0) is 24.3 Å². The predicted molar refractivity (Wildman–Crippen MR) is 104 cm³/mol. The Morgan fingerprint density at radius 3 is 2.78 bits per heavy atom. The van der Waals surface area contributed by atoms with Crippen molar-refractivity contribution < 1.29 is 9.53 Å². The summed E-state index contributed by atoms with van der Waals surface area (Å²) in [4.78, 5) is 20.5. The number of hydrogen-bond acceptors (Lipinski definition) is 6. The van der Waals surface area contributed by atoms with Crippen LogP contribution in [0.3, 0.4) is 0 Å². The molecule has 0 saturated carbocycles. The molecule has 27 heavy (non-hydrogen) atoms. The topological polar surface area (TPSA) is 63.5 Å². The lowest BCUT2D eigenvalue weighted by atomic mass is 10.2. The summed E-state index contributed by atoms with van der Waals surface area (Å²) in [7, 11) is 1.61. The fraction of sp³-hybridized carbons (Fsp3) is 0.316. The van der Waals surface area contributed by atoms with Crippen LogP contribution in [0.15, 0.2) is 42.7 Å². The maximum Gasteiger partial charge on any atom is 0.161 e. The van der Waals surface area contributed by atoms with Gasteiger partial charge in [-0.1, -0.05) is 11.6 Å². The molecule has 1 saturated heterocycles. The molecule has 4 rings (SSSR count). The Bertz CT molecular complexity index is 952. The van der Waals surface area contributed by atoms with Crippen LogP contribution in [0.25, 0.3) is 11.0 Å². The highest BCUT2D eigenvalue weighted by Crippen LogP contribution is 2.30. The number of methoxy groups -OCH3 is 1. The van der Waals surface area contributed by atoms with Crippen LogP contribution in [-0.4, -0.2) is 59.2 Å². The number of piperazine rings is 1. The number of rotatable bonds is 5. The van der Waals surface area contributed by atoms with Gasteiger partial charge in [-0.3, -0.25) is 14.7 Å². The van der Waals surface area contributed by atoms with Gasteiger partial charge in [0, 0.05) is 44.1 Å². The Hall–Kier alpha value is -2.64. The number of halogens is 1. The standard InChI is InChI=1S/C19H20ClN5O2/c1-27-18-11-14(4-5-15(18)20)23-7-9-24(10-8-23)19(13-26)25-17-3-2-6-21-16(17)12-22-25/h2-6,11-13,19H,7-10H2,1H3. The number of carbonyl (C=O) groups excluding carboxylic acids is 1. The van der Waals surface area contributed by atoms with Crippen molar-refractivity contribution in [2.24, 2.45) is 0 Å². The van der Waals surface area contributed by atoms with Gasteiger partial charge in [0.25, 0.3) is 0 Å². The summed E-state index contributed by atoms with van der Waals surface area (Å²) >= 11 is 6.12. The second-order valence-electron chi connectivity index (χ2n) is 6.39. The van der Waals surface area contributed by atoms with Crippen LogP contribution in [0, 0.1) is 0 Å². The lowest BCUT2D eigenvalue weighted by Gasteiger charge is -2.38. The van der Waals surface area contributed by atoms with Crippen molar-refractivity contribution in [3.63, 3.8) is 0 Å². The second kappa shape index (κ2) is 7.54. The number of benzene rings is 1. The number of aldehydes is 1. The molecule has 7 nitrogen and oxygen atoms in total. The zero-order valence-electron chi connectivity index (χ0n) is 15.0. The fourth-order valence-corrected chi connectivity index (χ4v) is 3.68. The molecule has 8 heteroatoms. The Labute approximate surface area is 162 Å². The molecule has 1 aliphatic heterocycles. The van der Waals surface area contributed by atoms with E-state index < -0.39 is 6.17 Å². The first-order valence-electron chi connectivity index (χ1n) is 8.77. The van der Waals surface area contributed by atoms with Crippen LogP contribution in [0.4, 0.5) is 5.69 Å². The number of pyridine rings is 1. The van der Waals surface area contributed by atoms with Crippen molar-refractivity contribution >= 4 is 34.6 Å². The molecule has 1 aliphatic rings. The van der Waals surface area contributed by atoms with E-state index in [1.165, 1.54) is 0 Å². The third-order valence-corrected chi connectivity index (χ3v) is 5.24. The summed E-state index contributed by atoms with van der Waals surface area (Å²) in [6.07, 6.45) is 3.93. The first-order valence-corrected chi connectivity index (χ1v) is 9.15. The molecular weight excluding hydrogens is 366 g/mol. The van der Waals surface area contributed by atoms with Gasteiger partial charge in [0.05, 0.1) is 23.8 Å². The number of carbonyl (C=O) groups is 1. The average Bonchev–Trinajstić information content (AvgIpc) is 3.14. The molecule has 0 aliphatic carbocycles. The third-order valence-electron chi connectivity index (χ3n) is 4.93. The molecular formula is C19H20ClN5O2. The summed E-state index contributed by atoms with van der Waals surface area (Å²) in [5.41, 5.74) is 2.71. The largest absolute Gasteiger partial charge is 0.495 e. The summed E-state index contributed by atoms with van der Waals surface area (Å²) in [5.74, 6) is 0.665. The molecule has 0 spiro atoms. The van der Waals surface area contributed by atoms with Gasteiger partial charge >= 0.3 is 0 Å². The maximum atomic E-state index is 11.9. The third kappa shape index (κ3) is 3.36. The summed E-state index contributed by atoms with van der Waals surface area (Å²) in [5, 5.41) is 4.98. The smallest absolute Gasteiger partial charge is 0.161 e. The molecule has 0 radical (unpaired) electrons. The van der Waals surface area contributed by atoms with Crippen molar-refractivity contribution in [1.29, 1.82) is 0 Å². The van der Waals surface area contributed by atoms with Crippen LogP contribution in [0.5, 0.6) is 5.75 Å². The molecule has 3 aromatic rings. The predicted octanol–water partition coefficient (Wildman–Crippen LogP) is 2.61. The van der Waals surface area contributed by atoms with Crippen LogP contribution >= 0.6 is 11.6 Å². The van der Waals surface area contributed by atoms with Crippen molar-refractivity contribution in [3.8, 4) is 5.75 Å². The average molecular weight is 386 g/mol. The number of ether oxygens (including phenoxy) is 1. The SMILES string of the molecule is COc1cc(N2CCN(C(C=O)n3ncc4ncccc43)CC2)ccc1Cl. The number of nitrogens with zero attached hydrogens (tertiary/aromatic N) is 5. The Morgan fingerprint density at radius 2 is 2.04 bits per heavy atom. The van der Waals surface area contributed by atoms with Crippen molar-refractivity contribution in [1.82, 2.24) is 19.7 Å². The molecule has 0 bridgehead atoms. The van der Waals surface area contributed by atoms with Crippen molar-refractivity contribution in [2.45, 2.75) is 6.17 Å². The number of fused-ring (bicyclic) bond motifs is 1. The monoisotopic (exact) mass is 385 g/mol. The molecule has 0 amide bonds. The second-order valence-corrected chi connectivity index (χ2v) is 6.80. The van der Waals surface area contributed by atoms with Gasteiger partial charge in [0.2, 0.25) is 0 Å². The molecule has 1 atom stereocenters. The summed E-state index contributed by atoms with van der Waals surface area (Å²) < 4.78 is 7.06. The molecule has 0 N–H and O–H groups in total. The summed E-state index contributed by atoms with van der Waals surface area (Å²) in [6, 6.07) is 9.57.